The van der Waals surface area contributed by atoms with Crippen molar-refractivity contribution >= 4 is 17.3 Å². The van der Waals surface area contributed by atoms with Crippen LogP contribution in [0.5, 0.6) is 0 Å². The maximum atomic E-state index is 12.0. The zero-order valence-corrected chi connectivity index (χ0v) is 10.8. The molecule has 19 heavy (non-hydrogen) atoms. The number of fused-ring (bicyclic) bond motifs is 1. The lowest BCUT2D eigenvalue weighted by Gasteiger charge is -2.13. The molecule has 0 saturated heterocycles. The third-order valence-corrected chi connectivity index (χ3v) is 3.39. The van der Waals surface area contributed by atoms with Crippen molar-refractivity contribution in [3.8, 4) is 0 Å². The number of likely N-dealkylation sites (N-methyl/N-ethyl adjacent to an activating group) is 1. The highest BCUT2D eigenvalue weighted by atomic mass is 16.1. The molecule has 2 aromatic rings. The lowest BCUT2D eigenvalue weighted by Crippen LogP contribution is -2.14. The van der Waals surface area contributed by atoms with Crippen LogP contribution in [0, 0.1) is 0 Å². The quantitative estimate of drug-likeness (QED) is 0.893. The number of benzene rings is 1. The highest BCUT2D eigenvalue weighted by Gasteiger charge is 2.16. The van der Waals surface area contributed by atoms with Crippen LogP contribution in [0.25, 0.3) is 0 Å². The van der Waals surface area contributed by atoms with Gasteiger partial charge in [0.1, 0.15) is 0 Å². The fraction of sp³-hybridized carbons (Fsp3) is 0.200. The number of pyridine rings is 1. The Balaban J connectivity index is 1.81. The molecule has 0 bridgehead atoms. The van der Waals surface area contributed by atoms with Crippen LogP contribution in [0.15, 0.2) is 42.7 Å². The van der Waals surface area contributed by atoms with Gasteiger partial charge in [-0.1, -0.05) is 6.07 Å². The summed E-state index contributed by atoms with van der Waals surface area (Å²) >= 11 is 0. The van der Waals surface area contributed by atoms with Crippen molar-refractivity contribution in [2.45, 2.75) is 6.42 Å². The van der Waals surface area contributed by atoms with E-state index in [-0.39, 0.29) is 5.91 Å². The van der Waals surface area contributed by atoms with Crippen molar-refractivity contribution in [2.24, 2.45) is 0 Å². The van der Waals surface area contributed by atoms with E-state index in [9.17, 15) is 4.79 Å². The number of amides is 1. The molecule has 0 saturated carbocycles. The Bertz CT molecular complexity index is 610. The van der Waals surface area contributed by atoms with Crippen LogP contribution >= 0.6 is 0 Å². The molecule has 1 aliphatic rings. The number of aromatic nitrogens is 1. The highest BCUT2D eigenvalue weighted by Crippen LogP contribution is 2.29. The van der Waals surface area contributed by atoms with Crippen molar-refractivity contribution in [3.05, 3.63) is 53.9 Å². The summed E-state index contributed by atoms with van der Waals surface area (Å²) in [6, 6.07) is 9.56. The van der Waals surface area contributed by atoms with Crippen molar-refractivity contribution in [3.63, 3.8) is 0 Å². The van der Waals surface area contributed by atoms with E-state index >= 15 is 0 Å². The van der Waals surface area contributed by atoms with Crippen LogP contribution in [0.1, 0.15) is 15.9 Å². The molecule has 0 fully saturated rings. The minimum Gasteiger partial charge on any atom is -0.374 e. The predicted molar refractivity (Wildman–Crippen MR) is 75.6 cm³/mol. The molecule has 0 radical (unpaired) electrons. The second-order valence-electron chi connectivity index (χ2n) is 4.71. The summed E-state index contributed by atoms with van der Waals surface area (Å²) in [5, 5.41) is 2.90. The van der Waals surface area contributed by atoms with Gasteiger partial charge in [-0.3, -0.25) is 9.78 Å². The van der Waals surface area contributed by atoms with E-state index in [0.717, 1.165) is 18.7 Å². The van der Waals surface area contributed by atoms with Gasteiger partial charge in [0.15, 0.2) is 0 Å². The zero-order valence-electron chi connectivity index (χ0n) is 10.8. The van der Waals surface area contributed by atoms with E-state index < -0.39 is 0 Å². The van der Waals surface area contributed by atoms with E-state index in [0.29, 0.717) is 5.56 Å². The maximum Gasteiger partial charge on any atom is 0.257 e. The first-order valence-corrected chi connectivity index (χ1v) is 6.29. The van der Waals surface area contributed by atoms with Crippen LogP contribution in [0.2, 0.25) is 0 Å². The van der Waals surface area contributed by atoms with Crippen molar-refractivity contribution in [1.29, 1.82) is 0 Å². The summed E-state index contributed by atoms with van der Waals surface area (Å²) in [4.78, 5) is 18.2. The van der Waals surface area contributed by atoms with Gasteiger partial charge in [-0.15, -0.1) is 0 Å². The van der Waals surface area contributed by atoms with Crippen LogP contribution in [0.4, 0.5) is 11.4 Å². The van der Waals surface area contributed by atoms with Crippen LogP contribution in [-0.2, 0) is 6.42 Å². The second-order valence-corrected chi connectivity index (χ2v) is 4.71. The molecule has 2 heterocycles. The Labute approximate surface area is 112 Å². The van der Waals surface area contributed by atoms with Crippen LogP contribution in [0.3, 0.4) is 0 Å². The molecule has 0 spiro atoms. The minimum absolute atomic E-state index is 0.131. The molecular formula is C15H15N3O. The van der Waals surface area contributed by atoms with Gasteiger partial charge in [-0.25, -0.2) is 0 Å². The fourth-order valence-electron chi connectivity index (χ4n) is 2.32. The van der Waals surface area contributed by atoms with E-state index in [4.69, 9.17) is 0 Å². The second kappa shape index (κ2) is 4.72. The first kappa shape index (κ1) is 11.7. The Kier molecular flexibility index (Phi) is 2.91. The molecule has 96 valence electrons. The number of rotatable bonds is 2. The van der Waals surface area contributed by atoms with Gasteiger partial charge >= 0.3 is 0 Å². The molecule has 1 aromatic carbocycles. The van der Waals surface area contributed by atoms with Gasteiger partial charge in [-0.05, 0) is 36.2 Å². The van der Waals surface area contributed by atoms with E-state index in [2.05, 4.69) is 28.3 Å². The van der Waals surface area contributed by atoms with Crippen LogP contribution < -0.4 is 10.2 Å². The first-order valence-electron chi connectivity index (χ1n) is 6.29. The number of carbonyl (C=O) groups is 1. The van der Waals surface area contributed by atoms with Gasteiger partial charge < -0.3 is 10.2 Å². The number of carbonyl (C=O) groups excluding carboxylic acids is 1. The molecule has 3 rings (SSSR count). The lowest BCUT2D eigenvalue weighted by molar-refractivity contribution is 0.102. The highest BCUT2D eigenvalue weighted by molar-refractivity contribution is 6.04. The molecule has 4 nitrogen and oxygen atoms in total. The summed E-state index contributed by atoms with van der Waals surface area (Å²) in [5.41, 5.74) is 3.92. The Hall–Kier alpha value is -2.36. The lowest BCUT2D eigenvalue weighted by atomic mass is 10.1. The summed E-state index contributed by atoms with van der Waals surface area (Å²) in [5.74, 6) is -0.131. The normalized spacial score (nSPS) is 13.2. The Morgan fingerprint density at radius 3 is 3.05 bits per heavy atom. The molecule has 0 atom stereocenters. The molecule has 1 aliphatic heterocycles. The number of hydrogen-bond acceptors (Lipinski definition) is 3. The van der Waals surface area contributed by atoms with E-state index in [1.165, 1.54) is 11.3 Å². The predicted octanol–water partition coefficient (Wildman–Crippen LogP) is 2.33. The summed E-state index contributed by atoms with van der Waals surface area (Å²) < 4.78 is 0. The average Bonchev–Trinajstić information content (AvgIpc) is 2.81. The Morgan fingerprint density at radius 2 is 2.26 bits per heavy atom. The van der Waals surface area contributed by atoms with Gasteiger partial charge in [-0.2, -0.15) is 0 Å². The summed E-state index contributed by atoms with van der Waals surface area (Å²) in [6.07, 6.45) is 4.29. The monoisotopic (exact) mass is 253 g/mol. The molecule has 1 aromatic heterocycles. The fourth-order valence-corrected chi connectivity index (χ4v) is 2.32. The summed E-state index contributed by atoms with van der Waals surface area (Å²) in [7, 11) is 2.07. The smallest absolute Gasteiger partial charge is 0.257 e. The number of hydrogen-bond donors (Lipinski definition) is 1. The van der Waals surface area contributed by atoms with E-state index in [1.807, 2.05) is 12.1 Å². The van der Waals surface area contributed by atoms with Gasteiger partial charge in [0, 0.05) is 37.4 Å². The van der Waals surface area contributed by atoms with Gasteiger partial charge in [0.25, 0.3) is 5.91 Å². The van der Waals surface area contributed by atoms with Gasteiger partial charge in [0.05, 0.1) is 5.56 Å². The molecule has 0 aliphatic carbocycles. The molecule has 1 N–H and O–H groups in total. The average molecular weight is 253 g/mol. The number of nitrogens with one attached hydrogen (secondary N) is 1. The molecule has 4 heteroatoms. The molecular weight excluding hydrogens is 238 g/mol. The number of nitrogens with zero attached hydrogens (tertiary/aromatic N) is 2. The zero-order chi connectivity index (χ0) is 13.2. The SMILES string of the molecule is CN1CCc2ccc(NC(=O)c3cccnc3)cc21. The van der Waals surface area contributed by atoms with E-state index in [1.54, 1.807) is 24.5 Å². The maximum absolute atomic E-state index is 12.0. The first-order chi connectivity index (χ1) is 9.24. The van der Waals surface area contributed by atoms with Crippen molar-refractivity contribution < 1.29 is 4.79 Å². The molecule has 1 amide bonds. The summed E-state index contributed by atoms with van der Waals surface area (Å²) in [6.45, 7) is 1.04. The third-order valence-electron chi connectivity index (χ3n) is 3.39. The molecule has 0 unspecified atom stereocenters. The minimum atomic E-state index is -0.131. The van der Waals surface area contributed by atoms with Gasteiger partial charge in [0.2, 0.25) is 0 Å². The Morgan fingerprint density at radius 1 is 1.37 bits per heavy atom. The standard InChI is InChI=1S/C15H15N3O/c1-18-8-6-11-4-5-13(9-14(11)18)17-15(19)12-3-2-7-16-10-12/h2-5,7,9-10H,6,8H2,1H3,(H,17,19). The van der Waals surface area contributed by atoms with Crippen molar-refractivity contribution in [1.82, 2.24) is 4.98 Å². The topological polar surface area (TPSA) is 45.2 Å². The number of anilines is 2. The third kappa shape index (κ3) is 2.29. The van der Waals surface area contributed by atoms with Crippen molar-refractivity contribution in [2.75, 3.05) is 23.8 Å². The van der Waals surface area contributed by atoms with Crippen LogP contribution in [-0.4, -0.2) is 24.5 Å². The largest absolute Gasteiger partial charge is 0.374 e.